The van der Waals surface area contributed by atoms with Gasteiger partial charge < -0.3 is 10.2 Å². The first-order valence-corrected chi connectivity index (χ1v) is 9.94. The topological polar surface area (TPSA) is 86.7 Å². The molecule has 2 heterocycles. The predicted molar refractivity (Wildman–Crippen MR) is 95.4 cm³/mol. The van der Waals surface area contributed by atoms with Crippen LogP contribution in [-0.2, 0) is 10.0 Å². The van der Waals surface area contributed by atoms with Crippen LogP contribution in [-0.4, -0.2) is 57.0 Å². The minimum Gasteiger partial charge on any atom is -0.357 e. The quantitative estimate of drug-likeness (QED) is 0.454. The van der Waals surface area contributed by atoms with Crippen LogP contribution in [0.5, 0.6) is 0 Å². The van der Waals surface area contributed by atoms with Crippen molar-refractivity contribution in [2.45, 2.75) is 31.6 Å². The molecule has 0 spiro atoms. The van der Waals surface area contributed by atoms with Crippen LogP contribution in [0, 0.1) is 5.92 Å². The van der Waals surface area contributed by atoms with E-state index in [1.165, 1.54) is 25.1 Å². The lowest BCUT2D eigenvalue weighted by Gasteiger charge is -2.33. The van der Waals surface area contributed by atoms with Gasteiger partial charge in [0, 0.05) is 38.6 Å². The van der Waals surface area contributed by atoms with Gasteiger partial charge in [0.2, 0.25) is 10.0 Å². The Balaban J connectivity index is 1.90. The Hall–Kier alpha value is -1.67. The number of hydrogen-bond acceptors (Lipinski definition) is 4. The molecule has 134 valence electrons. The van der Waals surface area contributed by atoms with E-state index in [4.69, 9.17) is 0 Å². The third-order valence-corrected chi connectivity index (χ3v) is 5.35. The highest BCUT2D eigenvalue weighted by Crippen LogP contribution is 2.15. The number of pyridine rings is 1. The molecule has 0 amide bonds. The fraction of sp³-hybridized carbons (Fsp3) is 0.625. The highest BCUT2D eigenvalue weighted by molar-refractivity contribution is 7.89. The number of sulfonamides is 1. The molecule has 0 saturated carbocycles. The molecule has 1 atom stereocenters. The minimum atomic E-state index is -3.52. The van der Waals surface area contributed by atoms with E-state index < -0.39 is 10.0 Å². The molecule has 2 rings (SSSR count). The summed E-state index contributed by atoms with van der Waals surface area (Å²) in [4.78, 5) is 10.8. The second kappa shape index (κ2) is 8.98. The first kappa shape index (κ1) is 18.7. The lowest BCUT2D eigenvalue weighted by Crippen LogP contribution is -2.46. The average molecular weight is 353 g/mol. The van der Waals surface area contributed by atoms with Crippen molar-refractivity contribution in [3.05, 3.63) is 24.5 Å². The molecular weight excluding hydrogens is 326 g/mol. The van der Waals surface area contributed by atoms with E-state index >= 15 is 0 Å². The number of nitrogens with zero attached hydrogens (tertiary/aromatic N) is 3. The maximum absolute atomic E-state index is 12.1. The summed E-state index contributed by atoms with van der Waals surface area (Å²) >= 11 is 0. The lowest BCUT2D eigenvalue weighted by atomic mass is 10.0. The van der Waals surface area contributed by atoms with Gasteiger partial charge in [-0.15, -0.1) is 0 Å². The number of aromatic nitrogens is 1. The molecule has 0 aromatic carbocycles. The van der Waals surface area contributed by atoms with Gasteiger partial charge in [0.1, 0.15) is 4.90 Å². The molecule has 1 aromatic rings. The summed E-state index contributed by atoms with van der Waals surface area (Å²) in [6, 6.07) is 3.13. The van der Waals surface area contributed by atoms with E-state index in [-0.39, 0.29) is 11.4 Å². The highest BCUT2D eigenvalue weighted by atomic mass is 32.2. The Morgan fingerprint density at radius 2 is 2.33 bits per heavy atom. The van der Waals surface area contributed by atoms with Crippen LogP contribution in [0.2, 0.25) is 0 Å². The van der Waals surface area contributed by atoms with Gasteiger partial charge in [-0.2, -0.15) is 0 Å². The molecule has 7 nitrogen and oxygen atoms in total. The number of rotatable bonds is 6. The molecule has 24 heavy (non-hydrogen) atoms. The van der Waals surface area contributed by atoms with Crippen LogP contribution in [0.4, 0.5) is 0 Å². The van der Waals surface area contributed by atoms with E-state index in [0.717, 1.165) is 25.6 Å². The van der Waals surface area contributed by atoms with Crippen LogP contribution in [0.25, 0.3) is 0 Å². The molecule has 8 heteroatoms. The lowest BCUT2D eigenvalue weighted by molar-refractivity contribution is 0.266. The Labute approximate surface area is 144 Å². The van der Waals surface area contributed by atoms with E-state index in [1.54, 1.807) is 12.3 Å². The Kier molecular flexibility index (Phi) is 6.99. The molecule has 1 fully saturated rings. The van der Waals surface area contributed by atoms with Crippen LogP contribution < -0.4 is 10.0 Å². The van der Waals surface area contributed by atoms with Crippen molar-refractivity contribution in [2.24, 2.45) is 10.9 Å². The Morgan fingerprint density at radius 3 is 3.00 bits per heavy atom. The second-order valence-corrected chi connectivity index (χ2v) is 7.78. The van der Waals surface area contributed by atoms with Gasteiger partial charge in [0.25, 0.3) is 0 Å². The summed E-state index contributed by atoms with van der Waals surface area (Å²) in [6.07, 6.45) is 5.30. The van der Waals surface area contributed by atoms with Crippen molar-refractivity contribution in [2.75, 3.05) is 32.7 Å². The number of nitrogens with one attached hydrogen (secondary N) is 2. The summed E-state index contributed by atoms with van der Waals surface area (Å²) < 4.78 is 26.8. The predicted octanol–water partition coefficient (Wildman–Crippen LogP) is 1.06. The van der Waals surface area contributed by atoms with E-state index in [9.17, 15) is 8.42 Å². The van der Waals surface area contributed by atoms with Crippen molar-refractivity contribution in [1.29, 1.82) is 0 Å². The first-order chi connectivity index (χ1) is 11.5. The van der Waals surface area contributed by atoms with Gasteiger partial charge in [-0.3, -0.25) is 9.98 Å². The van der Waals surface area contributed by atoms with Gasteiger partial charge in [0.15, 0.2) is 5.96 Å². The second-order valence-electron chi connectivity index (χ2n) is 6.02. The molecule has 0 aliphatic carbocycles. The Morgan fingerprint density at radius 1 is 1.50 bits per heavy atom. The van der Waals surface area contributed by atoms with Crippen molar-refractivity contribution < 1.29 is 8.42 Å². The van der Waals surface area contributed by atoms with Crippen LogP contribution >= 0.6 is 0 Å². The summed E-state index contributed by atoms with van der Waals surface area (Å²) in [5, 5.41) is 3.29. The maximum atomic E-state index is 12.1. The van der Waals surface area contributed by atoms with E-state index in [2.05, 4.69) is 31.8 Å². The van der Waals surface area contributed by atoms with Crippen molar-refractivity contribution in [1.82, 2.24) is 19.9 Å². The van der Waals surface area contributed by atoms with Crippen LogP contribution in [0.3, 0.4) is 0 Å². The van der Waals surface area contributed by atoms with Crippen molar-refractivity contribution in [3.63, 3.8) is 0 Å². The standard InChI is InChI=1S/C16H27N5O2S/c1-3-18-16(21-11-5-6-14(2)13-21)19-9-10-20-24(22,23)15-7-4-8-17-12-15/h4,7-8,12,14,20H,3,5-6,9-11,13H2,1-2H3,(H,18,19). The smallest absolute Gasteiger partial charge is 0.242 e. The fourth-order valence-corrected chi connectivity index (χ4v) is 3.72. The van der Waals surface area contributed by atoms with Crippen LogP contribution in [0.15, 0.2) is 34.4 Å². The van der Waals surface area contributed by atoms with Crippen LogP contribution in [0.1, 0.15) is 26.7 Å². The molecule has 0 radical (unpaired) electrons. The van der Waals surface area contributed by atoms with Gasteiger partial charge in [-0.25, -0.2) is 13.1 Å². The normalized spacial score (nSPS) is 19.3. The fourth-order valence-electron chi connectivity index (χ4n) is 2.74. The molecule has 1 aliphatic rings. The molecule has 1 aromatic heterocycles. The number of piperidine rings is 1. The number of aliphatic imine (C=N–C) groups is 1. The zero-order valence-electron chi connectivity index (χ0n) is 14.4. The average Bonchev–Trinajstić information content (AvgIpc) is 2.58. The summed E-state index contributed by atoms with van der Waals surface area (Å²) in [6.45, 7) is 7.73. The zero-order chi connectivity index (χ0) is 17.4. The molecule has 0 bridgehead atoms. The monoisotopic (exact) mass is 353 g/mol. The number of hydrogen-bond donors (Lipinski definition) is 2. The van der Waals surface area contributed by atoms with Crippen molar-refractivity contribution in [3.8, 4) is 0 Å². The number of guanidine groups is 1. The summed E-state index contributed by atoms with van der Waals surface area (Å²) in [7, 11) is -3.52. The maximum Gasteiger partial charge on any atom is 0.242 e. The summed E-state index contributed by atoms with van der Waals surface area (Å²) in [5.74, 6) is 1.52. The molecule has 1 aliphatic heterocycles. The third kappa shape index (κ3) is 5.45. The largest absolute Gasteiger partial charge is 0.357 e. The van der Waals surface area contributed by atoms with E-state index in [1.807, 2.05) is 6.92 Å². The third-order valence-electron chi connectivity index (χ3n) is 3.90. The SMILES string of the molecule is CCNC(=NCCNS(=O)(=O)c1cccnc1)N1CCCC(C)C1. The molecule has 1 saturated heterocycles. The Bertz CT molecular complexity index is 633. The van der Waals surface area contributed by atoms with Gasteiger partial charge >= 0.3 is 0 Å². The highest BCUT2D eigenvalue weighted by Gasteiger charge is 2.19. The van der Waals surface area contributed by atoms with Gasteiger partial charge in [-0.05, 0) is 37.8 Å². The van der Waals surface area contributed by atoms with Gasteiger partial charge in [-0.1, -0.05) is 6.92 Å². The number of likely N-dealkylation sites (tertiary alicyclic amines) is 1. The summed E-state index contributed by atoms with van der Waals surface area (Å²) in [5.41, 5.74) is 0. The molecular formula is C16H27N5O2S. The van der Waals surface area contributed by atoms with E-state index in [0.29, 0.717) is 12.5 Å². The first-order valence-electron chi connectivity index (χ1n) is 8.46. The van der Waals surface area contributed by atoms with Crippen molar-refractivity contribution >= 4 is 16.0 Å². The minimum absolute atomic E-state index is 0.172. The van der Waals surface area contributed by atoms with Gasteiger partial charge in [0.05, 0.1) is 6.54 Å². The molecule has 1 unspecified atom stereocenters. The zero-order valence-corrected chi connectivity index (χ0v) is 15.2. The molecule has 2 N–H and O–H groups in total.